The standard InChI is InChI=1S/C13H9F3N2O3S/c1-18(13-17-5-8(22-13)12(20)21-2)11(19)9-6(14)3-4-7(15)10(9)16/h3-5H,1-2H3. The van der Waals surface area contributed by atoms with Crippen LogP contribution in [0.4, 0.5) is 18.3 Å². The minimum atomic E-state index is -1.58. The van der Waals surface area contributed by atoms with E-state index in [1.54, 1.807) is 0 Å². The number of halogens is 3. The van der Waals surface area contributed by atoms with E-state index in [1.807, 2.05) is 0 Å². The van der Waals surface area contributed by atoms with Gasteiger partial charge in [-0.3, -0.25) is 9.69 Å². The zero-order valence-electron chi connectivity index (χ0n) is 11.4. The van der Waals surface area contributed by atoms with Crippen molar-refractivity contribution in [2.45, 2.75) is 0 Å². The number of thiazole rings is 1. The molecule has 0 unspecified atom stereocenters. The highest BCUT2D eigenvalue weighted by Gasteiger charge is 2.26. The summed E-state index contributed by atoms with van der Waals surface area (Å²) in [5.74, 6) is -5.90. The first-order valence-electron chi connectivity index (χ1n) is 5.82. The second-order valence-electron chi connectivity index (χ2n) is 4.08. The van der Waals surface area contributed by atoms with Crippen LogP contribution in [0.2, 0.25) is 0 Å². The Morgan fingerprint density at radius 3 is 2.50 bits per heavy atom. The molecule has 116 valence electrons. The van der Waals surface area contributed by atoms with E-state index in [2.05, 4.69) is 9.72 Å². The van der Waals surface area contributed by atoms with Crippen molar-refractivity contribution < 1.29 is 27.5 Å². The van der Waals surface area contributed by atoms with Crippen molar-refractivity contribution in [2.24, 2.45) is 0 Å². The van der Waals surface area contributed by atoms with Gasteiger partial charge < -0.3 is 4.74 Å². The first kappa shape index (κ1) is 16.0. The molecule has 5 nitrogen and oxygen atoms in total. The fourth-order valence-electron chi connectivity index (χ4n) is 1.59. The molecule has 0 saturated heterocycles. The molecule has 1 aromatic heterocycles. The highest BCUT2D eigenvalue weighted by atomic mass is 32.1. The SMILES string of the molecule is COC(=O)c1cnc(N(C)C(=O)c2c(F)ccc(F)c2F)s1. The Bertz CT molecular complexity index is 748. The minimum Gasteiger partial charge on any atom is -0.465 e. The smallest absolute Gasteiger partial charge is 0.349 e. The number of methoxy groups -OCH3 is 1. The largest absolute Gasteiger partial charge is 0.465 e. The monoisotopic (exact) mass is 330 g/mol. The lowest BCUT2D eigenvalue weighted by atomic mass is 10.1. The summed E-state index contributed by atoms with van der Waals surface area (Å²) in [5, 5.41) is 0.00783. The topological polar surface area (TPSA) is 59.5 Å². The van der Waals surface area contributed by atoms with Crippen LogP contribution >= 0.6 is 11.3 Å². The summed E-state index contributed by atoms with van der Waals surface area (Å²) >= 11 is 0.793. The number of aromatic nitrogens is 1. The average molecular weight is 330 g/mol. The summed E-state index contributed by atoms with van der Waals surface area (Å²) in [4.78, 5) is 28.2. The van der Waals surface area contributed by atoms with E-state index in [9.17, 15) is 22.8 Å². The molecule has 0 atom stereocenters. The molecule has 2 rings (SSSR count). The summed E-state index contributed by atoms with van der Waals surface area (Å²) in [7, 11) is 2.38. The Labute approximate surface area is 127 Å². The Hall–Kier alpha value is -2.42. The Morgan fingerprint density at radius 1 is 1.23 bits per heavy atom. The Morgan fingerprint density at radius 2 is 1.86 bits per heavy atom. The maximum atomic E-state index is 13.6. The van der Waals surface area contributed by atoms with Gasteiger partial charge in [0.05, 0.1) is 13.3 Å². The molecule has 1 amide bonds. The number of anilines is 1. The molecule has 0 saturated carbocycles. The number of hydrogen-bond acceptors (Lipinski definition) is 5. The lowest BCUT2D eigenvalue weighted by molar-refractivity contribution is 0.0606. The molecule has 2 aromatic rings. The second kappa shape index (κ2) is 6.14. The minimum absolute atomic E-state index is 0.00783. The number of carbonyl (C=O) groups is 2. The first-order valence-corrected chi connectivity index (χ1v) is 6.64. The van der Waals surface area contributed by atoms with Crippen molar-refractivity contribution in [3.05, 3.63) is 46.2 Å². The van der Waals surface area contributed by atoms with Gasteiger partial charge in [0, 0.05) is 7.05 Å². The molecular formula is C13H9F3N2O3S. The van der Waals surface area contributed by atoms with Gasteiger partial charge in [-0.2, -0.15) is 0 Å². The molecule has 1 heterocycles. The molecule has 1 aromatic carbocycles. The maximum Gasteiger partial charge on any atom is 0.349 e. The average Bonchev–Trinajstić information content (AvgIpc) is 2.99. The molecular weight excluding hydrogens is 321 g/mol. The van der Waals surface area contributed by atoms with Gasteiger partial charge in [0.15, 0.2) is 16.8 Å². The molecule has 0 aliphatic rings. The lowest BCUT2D eigenvalue weighted by Crippen LogP contribution is -2.28. The normalized spacial score (nSPS) is 10.4. The van der Waals surface area contributed by atoms with E-state index in [0.717, 1.165) is 22.4 Å². The van der Waals surface area contributed by atoms with Gasteiger partial charge in [0.25, 0.3) is 5.91 Å². The van der Waals surface area contributed by atoms with Gasteiger partial charge in [-0.1, -0.05) is 11.3 Å². The summed E-state index contributed by atoms with van der Waals surface area (Å²) in [6.07, 6.45) is 1.16. The third kappa shape index (κ3) is 2.80. The second-order valence-corrected chi connectivity index (χ2v) is 5.09. The summed E-state index contributed by atoms with van der Waals surface area (Å²) in [5.41, 5.74) is -1.03. The molecule has 0 spiro atoms. The van der Waals surface area contributed by atoms with Crippen LogP contribution in [-0.2, 0) is 4.74 Å². The Balaban J connectivity index is 2.36. The van der Waals surface area contributed by atoms with E-state index < -0.39 is 34.9 Å². The number of benzene rings is 1. The number of amides is 1. The van der Waals surface area contributed by atoms with Gasteiger partial charge in [-0.15, -0.1) is 0 Å². The summed E-state index contributed by atoms with van der Waals surface area (Å²) in [6.45, 7) is 0. The number of ether oxygens (including phenoxy) is 1. The quantitative estimate of drug-likeness (QED) is 0.641. The van der Waals surface area contributed by atoms with Crippen molar-refractivity contribution in [1.82, 2.24) is 4.98 Å². The van der Waals surface area contributed by atoms with Gasteiger partial charge >= 0.3 is 5.97 Å². The number of rotatable bonds is 3. The van der Waals surface area contributed by atoms with E-state index >= 15 is 0 Å². The van der Waals surface area contributed by atoms with Crippen LogP contribution in [0.25, 0.3) is 0 Å². The van der Waals surface area contributed by atoms with Gasteiger partial charge in [0.1, 0.15) is 16.3 Å². The summed E-state index contributed by atoms with van der Waals surface area (Å²) < 4.78 is 44.9. The molecule has 0 bridgehead atoms. The molecule has 0 N–H and O–H groups in total. The van der Waals surface area contributed by atoms with E-state index in [1.165, 1.54) is 14.2 Å². The third-order valence-electron chi connectivity index (χ3n) is 2.73. The van der Waals surface area contributed by atoms with E-state index in [-0.39, 0.29) is 10.0 Å². The Kier molecular flexibility index (Phi) is 4.45. The van der Waals surface area contributed by atoms with Gasteiger partial charge in [-0.25, -0.2) is 22.9 Å². The van der Waals surface area contributed by atoms with Crippen molar-refractivity contribution >= 4 is 28.3 Å². The van der Waals surface area contributed by atoms with Crippen molar-refractivity contribution in [3.63, 3.8) is 0 Å². The van der Waals surface area contributed by atoms with Crippen LogP contribution < -0.4 is 4.90 Å². The number of nitrogens with zero attached hydrogens (tertiary/aromatic N) is 2. The van der Waals surface area contributed by atoms with Crippen LogP contribution in [-0.4, -0.2) is 31.0 Å². The number of esters is 1. The van der Waals surface area contributed by atoms with Gasteiger partial charge in [-0.05, 0) is 12.1 Å². The number of carbonyl (C=O) groups excluding carboxylic acids is 2. The number of hydrogen-bond donors (Lipinski definition) is 0. The fraction of sp³-hybridized carbons (Fsp3) is 0.154. The third-order valence-corrected chi connectivity index (χ3v) is 3.78. The molecule has 0 aliphatic heterocycles. The fourth-order valence-corrected chi connectivity index (χ4v) is 2.39. The molecule has 0 fully saturated rings. The molecule has 22 heavy (non-hydrogen) atoms. The van der Waals surface area contributed by atoms with Crippen LogP contribution in [0.1, 0.15) is 20.0 Å². The summed E-state index contributed by atoms with van der Waals surface area (Å²) in [6, 6.07) is 1.24. The predicted octanol–water partition coefficient (Wildman–Crippen LogP) is 2.62. The van der Waals surface area contributed by atoms with Crippen LogP contribution in [0.5, 0.6) is 0 Å². The van der Waals surface area contributed by atoms with Crippen LogP contribution in [0, 0.1) is 17.5 Å². The zero-order valence-corrected chi connectivity index (χ0v) is 12.2. The van der Waals surface area contributed by atoms with Crippen molar-refractivity contribution in [1.29, 1.82) is 0 Å². The van der Waals surface area contributed by atoms with Gasteiger partial charge in [0.2, 0.25) is 0 Å². The van der Waals surface area contributed by atoms with Crippen molar-refractivity contribution in [2.75, 3.05) is 19.1 Å². The maximum absolute atomic E-state index is 13.6. The first-order chi connectivity index (χ1) is 10.4. The van der Waals surface area contributed by atoms with Crippen LogP contribution in [0.3, 0.4) is 0 Å². The van der Waals surface area contributed by atoms with E-state index in [0.29, 0.717) is 12.1 Å². The van der Waals surface area contributed by atoms with Crippen molar-refractivity contribution in [3.8, 4) is 0 Å². The molecule has 0 aliphatic carbocycles. The predicted molar refractivity (Wildman–Crippen MR) is 72.5 cm³/mol. The van der Waals surface area contributed by atoms with Crippen LogP contribution in [0.15, 0.2) is 18.3 Å². The van der Waals surface area contributed by atoms with E-state index in [4.69, 9.17) is 0 Å². The molecule has 9 heteroatoms. The zero-order chi connectivity index (χ0) is 16.4. The highest BCUT2D eigenvalue weighted by Crippen LogP contribution is 2.25. The molecule has 0 radical (unpaired) electrons. The highest BCUT2D eigenvalue weighted by molar-refractivity contribution is 7.17. The lowest BCUT2D eigenvalue weighted by Gasteiger charge is -2.14.